The summed E-state index contributed by atoms with van der Waals surface area (Å²) in [6, 6.07) is 12.1. The molecule has 0 aliphatic carbocycles. The van der Waals surface area contributed by atoms with Crippen LogP contribution in [0.15, 0.2) is 54.6 Å². The second-order valence-corrected chi connectivity index (χ2v) is 5.51. The number of ether oxygens (including phenoxy) is 1. The molecule has 0 aliphatic rings. The lowest BCUT2D eigenvalue weighted by atomic mass is 10.1. The average molecular weight is 368 g/mol. The lowest BCUT2D eigenvalue weighted by Crippen LogP contribution is -2.11. The summed E-state index contributed by atoms with van der Waals surface area (Å²) in [5.41, 5.74) is 6.23. The molecule has 2 aromatic carbocycles. The number of hydrogen-bond acceptors (Lipinski definition) is 6. The molecule has 0 saturated carbocycles. The largest absolute Gasteiger partial charge is 0.460 e. The van der Waals surface area contributed by atoms with Gasteiger partial charge in [0.15, 0.2) is 5.78 Å². The topological polar surface area (TPSA) is 130 Å². The number of nitrogens with zero attached hydrogens (tertiary/aromatic N) is 1. The average Bonchev–Trinajstić information content (AvgIpc) is 2.65. The minimum Gasteiger partial charge on any atom is -0.460 e. The second kappa shape index (κ2) is 9.04. The minimum absolute atomic E-state index is 0.0565. The van der Waals surface area contributed by atoms with Crippen LogP contribution in [0.3, 0.4) is 0 Å². The van der Waals surface area contributed by atoms with E-state index >= 15 is 0 Å². The van der Waals surface area contributed by atoms with Gasteiger partial charge in [0.25, 0.3) is 5.69 Å². The van der Waals surface area contributed by atoms with E-state index in [0.717, 1.165) is 6.08 Å². The van der Waals surface area contributed by atoms with E-state index in [-0.39, 0.29) is 17.9 Å². The summed E-state index contributed by atoms with van der Waals surface area (Å²) >= 11 is 0. The van der Waals surface area contributed by atoms with Crippen molar-refractivity contribution < 1.29 is 24.0 Å². The van der Waals surface area contributed by atoms with Crippen LogP contribution < -0.4 is 5.73 Å². The molecule has 8 heteroatoms. The summed E-state index contributed by atoms with van der Waals surface area (Å²) in [5, 5.41) is 10.9. The summed E-state index contributed by atoms with van der Waals surface area (Å²) < 4.78 is 5.00. The molecular formula is C19H16N2O6. The van der Waals surface area contributed by atoms with Gasteiger partial charge in [0.2, 0.25) is 5.91 Å². The zero-order valence-electron chi connectivity index (χ0n) is 14.2. The zero-order chi connectivity index (χ0) is 19.8. The number of nitro groups is 1. The van der Waals surface area contributed by atoms with E-state index in [9.17, 15) is 24.5 Å². The van der Waals surface area contributed by atoms with Crippen molar-refractivity contribution in [2.24, 2.45) is 5.73 Å². The fraction of sp³-hybridized carbons (Fsp3) is 0.105. The Hall–Kier alpha value is -3.81. The quantitative estimate of drug-likeness (QED) is 0.250. The highest BCUT2D eigenvalue weighted by Gasteiger charge is 2.12. The van der Waals surface area contributed by atoms with Gasteiger partial charge in [-0.05, 0) is 35.9 Å². The molecule has 0 spiro atoms. The Balaban J connectivity index is 1.87. The van der Waals surface area contributed by atoms with Crippen LogP contribution in [0.4, 0.5) is 5.69 Å². The number of para-hydroxylation sites is 1. The first-order valence-electron chi connectivity index (χ1n) is 7.85. The molecule has 0 fully saturated rings. The van der Waals surface area contributed by atoms with Crippen molar-refractivity contribution in [2.75, 3.05) is 0 Å². The lowest BCUT2D eigenvalue weighted by Gasteiger charge is -2.04. The molecule has 2 rings (SSSR count). The molecule has 0 atom stereocenters. The van der Waals surface area contributed by atoms with Gasteiger partial charge < -0.3 is 10.5 Å². The number of ketones is 1. The molecule has 8 nitrogen and oxygen atoms in total. The van der Waals surface area contributed by atoms with Crippen LogP contribution in [-0.2, 0) is 20.9 Å². The molecule has 0 bridgehead atoms. The zero-order valence-corrected chi connectivity index (χ0v) is 14.2. The number of nitro benzene ring substituents is 1. The molecule has 0 aromatic heterocycles. The van der Waals surface area contributed by atoms with Crippen LogP contribution in [-0.4, -0.2) is 22.6 Å². The molecule has 2 N–H and O–H groups in total. The number of nitrogens with two attached hydrogens (primary N) is 1. The summed E-state index contributed by atoms with van der Waals surface area (Å²) in [6.07, 6.45) is 1.90. The van der Waals surface area contributed by atoms with E-state index in [0.29, 0.717) is 11.1 Å². The number of amides is 1. The second-order valence-electron chi connectivity index (χ2n) is 5.51. The predicted molar refractivity (Wildman–Crippen MR) is 96.5 cm³/mol. The molecule has 0 radical (unpaired) electrons. The summed E-state index contributed by atoms with van der Waals surface area (Å²) in [4.78, 5) is 44.9. The fourth-order valence-corrected chi connectivity index (χ4v) is 2.16. The molecule has 0 aliphatic heterocycles. The van der Waals surface area contributed by atoms with Crippen molar-refractivity contribution in [2.45, 2.75) is 13.0 Å². The highest BCUT2D eigenvalue weighted by atomic mass is 16.6. The van der Waals surface area contributed by atoms with Gasteiger partial charge >= 0.3 is 5.97 Å². The van der Waals surface area contributed by atoms with Crippen molar-refractivity contribution in [3.8, 4) is 0 Å². The lowest BCUT2D eigenvalue weighted by molar-refractivity contribution is -0.385. The molecule has 0 saturated heterocycles. The number of allylic oxidation sites excluding steroid dienone is 1. The van der Waals surface area contributed by atoms with Crippen LogP contribution >= 0.6 is 0 Å². The number of carbonyl (C=O) groups is 3. The van der Waals surface area contributed by atoms with Gasteiger partial charge in [-0.3, -0.25) is 24.5 Å². The first-order valence-corrected chi connectivity index (χ1v) is 7.85. The van der Waals surface area contributed by atoms with Crippen molar-refractivity contribution in [1.29, 1.82) is 0 Å². The third-order valence-corrected chi connectivity index (χ3v) is 3.54. The first-order chi connectivity index (χ1) is 12.9. The van der Waals surface area contributed by atoms with Gasteiger partial charge in [0.05, 0.1) is 10.5 Å². The molecule has 27 heavy (non-hydrogen) atoms. The van der Waals surface area contributed by atoms with Gasteiger partial charge in [-0.25, -0.2) is 0 Å². The van der Waals surface area contributed by atoms with Crippen molar-refractivity contribution in [3.05, 3.63) is 81.4 Å². The van der Waals surface area contributed by atoms with Gasteiger partial charge in [-0.2, -0.15) is 0 Å². The Morgan fingerprint density at radius 2 is 1.74 bits per heavy atom. The van der Waals surface area contributed by atoms with Crippen LogP contribution in [0, 0.1) is 10.1 Å². The van der Waals surface area contributed by atoms with Crippen LogP contribution in [0.1, 0.15) is 27.9 Å². The third kappa shape index (κ3) is 5.89. The number of rotatable bonds is 8. The number of benzene rings is 2. The Morgan fingerprint density at radius 3 is 2.37 bits per heavy atom. The Kier molecular flexibility index (Phi) is 6.54. The summed E-state index contributed by atoms with van der Waals surface area (Å²) in [6.45, 7) is -0.0565. The number of esters is 1. The molecule has 0 heterocycles. The van der Waals surface area contributed by atoms with E-state index in [4.69, 9.17) is 10.5 Å². The maximum atomic E-state index is 11.8. The standard InChI is InChI=1S/C19H16N2O6/c20-19(24)15-7-5-13(6-8-15)12-27-18(23)11-16(22)10-9-14-3-1-2-4-17(14)21(25)26/h1-10H,11-12H2,(H2,20,24). The maximum absolute atomic E-state index is 11.8. The summed E-state index contributed by atoms with van der Waals surface area (Å²) in [5.74, 6) is -1.83. The van der Waals surface area contributed by atoms with E-state index in [1.54, 1.807) is 18.2 Å². The first kappa shape index (κ1) is 19.5. The monoisotopic (exact) mass is 368 g/mol. The molecule has 0 unspecified atom stereocenters. The van der Waals surface area contributed by atoms with E-state index < -0.39 is 29.0 Å². The molecule has 2 aromatic rings. The van der Waals surface area contributed by atoms with Crippen LogP contribution in [0.25, 0.3) is 6.08 Å². The Bertz CT molecular complexity index is 903. The smallest absolute Gasteiger partial charge is 0.314 e. The normalized spacial score (nSPS) is 10.5. The SMILES string of the molecule is NC(=O)c1ccc(COC(=O)CC(=O)C=Cc2ccccc2[N+](=O)[O-])cc1. The van der Waals surface area contributed by atoms with E-state index in [1.807, 2.05) is 0 Å². The van der Waals surface area contributed by atoms with Gasteiger partial charge in [-0.15, -0.1) is 0 Å². The van der Waals surface area contributed by atoms with E-state index in [2.05, 4.69) is 0 Å². The van der Waals surface area contributed by atoms with Crippen molar-refractivity contribution >= 4 is 29.4 Å². The number of primary amides is 1. The van der Waals surface area contributed by atoms with Crippen LogP contribution in [0.5, 0.6) is 0 Å². The highest BCUT2D eigenvalue weighted by molar-refractivity contribution is 6.04. The highest BCUT2D eigenvalue weighted by Crippen LogP contribution is 2.19. The third-order valence-electron chi connectivity index (χ3n) is 3.54. The molecule has 1 amide bonds. The minimum atomic E-state index is -0.730. The van der Waals surface area contributed by atoms with Crippen molar-refractivity contribution in [3.63, 3.8) is 0 Å². The Morgan fingerprint density at radius 1 is 1.07 bits per heavy atom. The Labute approximate surface area is 154 Å². The fourth-order valence-electron chi connectivity index (χ4n) is 2.16. The van der Waals surface area contributed by atoms with Crippen LogP contribution in [0.2, 0.25) is 0 Å². The van der Waals surface area contributed by atoms with Crippen molar-refractivity contribution in [1.82, 2.24) is 0 Å². The summed E-state index contributed by atoms with van der Waals surface area (Å²) in [7, 11) is 0. The number of hydrogen-bond donors (Lipinski definition) is 1. The number of carbonyl (C=O) groups excluding carboxylic acids is 3. The molecular weight excluding hydrogens is 352 g/mol. The maximum Gasteiger partial charge on any atom is 0.314 e. The van der Waals surface area contributed by atoms with Gasteiger partial charge in [0, 0.05) is 11.6 Å². The van der Waals surface area contributed by atoms with Gasteiger partial charge in [0.1, 0.15) is 13.0 Å². The predicted octanol–water partition coefficient (Wildman–Crippen LogP) is 2.41. The van der Waals surface area contributed by atoms with E-state index in [1.165, 1.54) is 36.4 Å². The molecule has 138 valence electrons. The van der Waals surface area contributed by atoms with Gasteiger partial charge in [-0.1, -0.05) is 24.3 Å².